The van der Waals surface area contributed by atoms with Crippen LogP contribution in [0.5, 0.6) is 0 Å². The number of anilines is 2. The molecule has 0 fully saturated rings. The molecule has 0 unspecified atom stereocenters. The highest BCUT2D eigenvalue weighted by molar-refractivity contribution is 5.86. The summed E-state index contributed by atoms with van der Waals surface area (Å²) in [5.41, 5.74) is 2.27. The molecule has 0 amide bonds. The van der Waals surface area contributed by atoms with Gasteiger partial charge in [0.25, 0.3) is 0 Å². The second-order valence-electron chi connectivity index (χ2n) is 4.62. The highest BCUT2D eigenvalue weighted by Gasteiger charge is 2.18. The Morgan fingerprint density at radius 2 is 2.14 bits per heavy atom. The van der Waals surface area contributed by atoms with Crippen LogP contribution in [0.2, 0.25) is 0 Å². The van der Waals surface area contributed by atoms with Crippen LogP contribution in [0.15, 0.2) is 40.8 Å². The van der Waals surface area contributed by atoms with Gasteiger partial charge in [-0.1, -0.05) is 12.1 Å². The summed E-state index contributed by atoms with van der Waals surface area (Å²) in [6, 6.07) is 11.6. The number of methoxy groups -OCH3 is 1. The topological polar surface area (TPSA) is 54.7 Å². The lowest BCUT2D eigenvalue weighted by Crippen LogP contribution is -2.33. The lowest BCUT2D eigenvalue weighted by atomic mass is 10.2. The third kappa shape index (κ3) is 3.13. The summed E-state index contributed by atoms with van der Waals surface area (Å²) >= 11 is 0. The summed E-state index contributed by atoms with van der Waals surface area (Å²) in [5, 5.41) is 3.36. The Bertz CT molecular complexity index is 627. The minimum absolute atomic E-state index is 0. The first-order valence-corrected chi connectivity index (χ1v) is 6.53. The predicted octanol–water partition coefficient (Wildman–Crippen LogP) is 2.92. The van der Waals surface area contributed by atoms with E-state index in [-0.39, 0.29) is 18.2 Å². The van der Waals surface area contributed by atoms with Crippen molar-refractivity contribution in [3.05, 3.63) is 47.9 Å². The zero-order valence-electron chi connectivity index (χ0n) is 11.7. The van der Waals surface area contributed by atoms with Gasteiger partial charge in [0.1, 0.15) is 5.76 Å². The van der Waals surface area contributed by atoms with E-state index in [4.69, 9.17) is 4.42 Å². The van der Waals surface area contributed by atoms with E-state index < -0.39 is 5.97 Å². The first-order valence-electron chi connectivity index (χ1n) is 6.53. The molecular formula is C15H17ClN2O3. The van der Waals surface area contributed by atoms with Gasteiger partial charge in [0.15, 0.2) is 0 Å². The number of nitrogens with zero attached hydrogens (tertiary/aromatic N) is 1. The Kier molecular flexibility index (Phi) is 4.75. The number of hydrogen-bond acceptors (Lipinski definition) is 5. The summed E-state index contributed by atoms with van der Waals surface area (Å²) in [5.74, 6) is 0.546. The monoisotopic (exact) mass is 308 g/mol. The molecule has 0 radical (unpaired) electrons. The summed E-state index contributed by atoms with van der Waals surface area (Å²) in [4.78, 5) is 13.6. The summed E-state index contributed by atoms with van der Waals surface area (Å²) in [7, 11) is 1.34. The van der Waals surface area contributed by atoms with Crippen LogP contribution in [0, 0.1) is 0 Å². The van der Waals surface area contributed by atoms with E-state index in [1.54, 1.807) is 6.07 Å². The Morgan fingerprint density at radius 1 is 1.33 bits per heavy atom. The van der Waals surface area contributed by atoms with Gasteiger partial charge in [-0.25, -0.2) is 4.79 Å². The number of para-hydroxylation sites is 2. The van der Waals surface area contributed by atoms with Crippen LogP contribution in [0.3, 0.4) is 0 Å². The number of rotatable bonds is 3. The molecule has 0 atom stereocenters. The van der Waals surface area contributed by atoms with Crippen LogP contribution in [-0.4, -0.2) is 26.2 Å². The highest BCUT2D eigenvalue weighted by Crippen LogP contribution is 2.29. The SMILES string of the molecule is COC(=O)c1ccc(CN2CCNc3ccccc32)o1.Cl. The molecule has 1 N–H and O–H groups in total. The molecule has 1 aromatic heterocycles. The van der Waals surface area contributed by atoms with Crippen molar-refractivity contribution in [3.8, 4) is 0 Å². The zero-order chi connectivity index (χ0) is 13.9. The fourth-order valence-corrected chi connectivity index (χ4v) is 2.37. The number of benzene rings is 1. The van der Waals surface area contributed by atoms with Gasteiger partial charge in [0, 0.05) is 13.1 Å². The zero-order valence-corrected chi connectivity index (χ0v) is 12.5. The number of fused-ring (bicyclic) bond motifs is 1. The molecule has 6 heteroatoms. The molecule has 0 bridgehead atoms. The molecule has 0 spiro atoms. The highest BCUT2D eigenvalue weighted by atomic mass is 35.5. The predicted molar refractivity (Wildman–Crippen MR) is 83.3 cm³/mol. The molecule has 3 rings (SSSR count). The Morgan fingerprint density at radius 3 is 2.95 bits per heavy atom. The van der Waals surface area contributed by atoms with Crippen molar-refractivity contribution in [1.82, 2.24) is 0 Å². The maximum atomic E-state index is 11.4. The number of nitrogens with one attached hydrogen (secondary N) is 1. The maximum absolute atomic E-state index is 11.4. The first kappa shape index (κ1) is 15.3. The molecular weight excluding hydrogens is 292 g/mol. The molecule has 2 heterocycles. The lowest BCUT2D eigenvalue weighted by Gasteiger charge is -2.31. The van der Waals surface area contributed by atoms with E-state index in [1.807, 2.05) is 18.2 Å². The van der Waals surface area contributed by atoms with Crippen LogP contribution in [-0.2, 0) is 11.3 Å². The molecule has 0 saturated carbocycles. The van der Waals surface area contributed by atoms with Crippen molar-refractivity contribution >= 4 is 29.8 Å². The molecule has 0 saturated heterocycles. The number of carbonyl (C=O) groups excluding carboxylic acids is 1. The maximum Gasteiger partial charge on any atom is 0.373 e. The van der Waals surface area contributed by atoms with E-state index in [0.717, 1.165) is 30.2 Å². The van der Waals surface area contributed by atoms with Crippen molar-refractivity contribution in [2.24, 2.45) is 0 Å². The van der Waals surface area contributed by atoms with E-state index in [2.05, 4.69) is 27.1 Å². The second-order valence-corrected chi connectivity index (χ2v) is 4.62. The number of furan rings is 1. The fraction of sp³-hybridized carbons (Fsp3) is 0.267. The molecule has 2 aromatic rings. The number of ether oxygens (including phenoxy) is 1. The van der Waals surface area contributed by atoms with E-state index in [9.17, 15) is 4.79 Å². The second kappa shape index (κ2) is 6.54. The quantitative estimate of drug-likeness (QED) is 0.884. The van der Waals surface area contributed by atoms with Gasteiger partial charge < -0.3 is 19.4 Å². The number of carbonyl (C=O) groups is 1. The van der Waals surface area contributed by atoms with Crippen LogP contribution < -0.4 is 10.2 Å². The average molecular weight is 309 g/mol. The van der Waals surface area contributed by atoms with Crippen LogP contribution in [0.1, 0.15) is 16.3 Å². The molecule has 0 aliphatic carbocycles. The minimum atomic E-state index is -0.447. The third-order valence-corrected chi connectivity index (χ3v) is 3.34. The van der Waals surface area contributed by atoms with Crippen molar-refractivity contribution < 1.29 is 13.9 Å². The third-order valence-electron chi connectivity index (χ3n) is 3.34. The molecule has 112 valence electrons. The molecule has 5 nitrogen and oxygen atoms in total. The molecule has 21 heavy (non-hydrogen) atoms. The van der Waals surface area contributed by atoms with Gasteiger partial charge in [-0.3, -0.25) is 0 Å². The minimum Gasteiger partial charge on any atom is -0.463 e. The van der Waals surface area contributed by atoms with Crippen molar-refractivity contribution in [2.75, 3.05) is 30.4 Å². The van der Waals surface area contributed by atoms with Gasteiger partial charge in [0.2, 0.25) is 5.76 Å². The van der Waals surface area contributed by atoms with Crippen molar-refractivity contribution in [1.29, 1.82) is 0 Å². The summed E-state index contributed by atoms with van der Waals surface area (Å²) in [6.45, 7) is 2.42. The smallest absolute Gasteiger partial charge is 0.373 e. The van der Waals surface area contributed by atoms with Gasteiger partial charge in [-0.05, 0) is 24.3 Å². The largest absolute Gasteiger partial charge is 0.463 e. The number of esters is 1. The fourth-order valence-electron chi connectivity index (χ4n) is 2.37. The summed E-state index contributed by atoms with van der Waals surface area (Å²) < 4.78 is 10.2. The Hall–Kier alpha value is -2.14. The Labute approximate surface area is 129 Å². The van der Waals surface area contributed by atoms with Gasteiger partial charge in [0.05, 0.1) is 25.0 Å². The van der Waals surface area contributed by atoms with Gasteiger partial charge in [-0.2, -0.15) is 0 Å². The molecule has 1 aliphatic rings. The van der Waals surface area contributed by atoms with Crippen molar-refractivity contribution in [2.45, 2.75) is 6.54 Å². The van der Waals surface area contributed by atoms with Crippen LogP contribution in [0.4, 0.5) is 11.4 Å². The van der Waals surface area contributed by atoms with Gasteiger partial charge >= 0.3 is 5.97 Å². The van der Waals surface area contributed by atoms with Crippen LogP contribution in [0.25, 0.3) is 0 Å². The number of hydrogen-bond donors (Lipinski definition) is 1. The van der Waals surface area contributed by atoms with Gasteiger partial charge in [-0.15, -0.1) is 12.4 Å². The normalized spacial score (nSPS) is 12.9. The van der Waals surface area contributed by atoms with Crippen molar-refractivity contribution in [3.63, 3.8) is 0 Å². The van der Waals surface area contributed by atoms with Crippen LogP contribution >= 0.6 is 12.4 Å². The molecule has 1 aromatic carbocycles. The Balaban J connectivity index is 0.00000161. The van der Waals surface area contributed by atoms with E-state index in [1.165, 1.54) is 7.11 Å². The number of halogens is 1. The summed E-state index contributed by atoms with van der Waals surface area (Å²) in [6.07, 6.45) is 0. The average Bonchev–Trinajstić information content (AvgIpc) is 2.95. The van der Waals surface area contributed by atoms with E-state index in [0.29, 0.717) is 6.54 Å². The molecule has 1 aliphatic heterocycles. The first-order chi connectivity index (χ1) is 9.78. The lowest BCUT2D eigenvalue weighted by molar-refractivity contribution is 0.0563. The van der Waals surface area contributed by atoms with E-state index >= 15 is 0 Å². The standard InChI is InChI=1S/C15H16N2O3.ClH/c1-19-15(18)14-7-6-11(20-14)10-17-9-8-16-12-4-2-3-5-13(12)17;/h2-7,16H,8-10H2,1H3;1H.